The monoisotopic (exact) mass is 125 g/mol. The normalized spacial score (nSPS) is 22.1. The van der Waals surface area contributed by atoms with Crippen molar-refractivity contribution in [1.29, 1.82) is 0 Å². The van der Waals surface area contributed by atoms with Crippen LogP contribution in [-0.2, 0) is 4.79 Å². The standard InChI is InChI=1S/C7H11NO/c1-8-5-2-3-7(9)4-6-8/h2-3H,4-6H2,1H3. The van der Waals surface area contributed by atoms with Crippen molar-refractivity contribution in [3.05, 3.63) is 12.2 Å². The molecule has 1 aliphatic rings. The van der Waals surface area contributed by atoms with Gasteiger partial charge in [0, 0.05) is 19.5 Å². The Morgan fingerprint density at radius 2 is 2.44 bits per heavy atom. The molecule has 0 N–H and O–H groups in total. The summed E-state index contributed by atoms with van der Waals surface area (Å²) < 4.78 is 0. The molecule has 0 aliphatic carbocycles. The number of hydrogen-bond donors (Lipinski definition) is 0. The van der Waals surface area contributed by atoms with Crippen molar-refractivity contribution in [2.45, 2.75) is 6.42 Å². The van der Waals surface area contributed by atoms with Gasteiger partial charge in [0.2, 0.25) is 0 Å². The highest BCUT2D eigenvalue weighted by Crippen LogP contribution is 1.95. The van der Waals surface area contributed by atoms with E-state index in [0.717, 1.165) is 13.1 Å². The van der Waals surface area contributed by atoms with Crippen LogP contribution in [-0.4, -0.2) is 30.8 Å². The van der Waals surface area contributed by atoms with E-state index in [1.54, 1.807) is 6.08 Å². The largest absolute Gasteiger partial charge is 0.302 e. The highest BCUT2D eigenvalue weighted by Gasteiger charge is 2.03. The van der Waals surface area contributed by atoms with Crippen molar-refractivity contribution in [2.75, 3.05) is 20.1 Å². The third kappa shape index (κ3) is 1.98. The van der Waals surface area contributed by atoms with E-state index in [9.17, 15) is 4.79 Å². The predicted molar refractivity (Wildman–Crippen MR) is 36.3 cm³/mol. The smallest absolute Gasteiger partial charge is 0.156 e. The fourth-order valence-corrected chi connectivity index (χ4v) is 0.840. The Bertz CT molecular complexity index is 140. The summed E-state index contributed by atoms with van der Waals surface area (Å²) in [6, 6.07) is 0. The van der Waals surface area contributed by atoms with Gasteiger partial charge in [-0.2, -0.15) is 0 Å². The molecule has 50 valence electrons. The molecule has 0 spiro atoms. The van der Waals surface area contributed by atoms with Gasteiger partial charge in [0.15, 0.2) is 5.78 Å². The van der Waals surface area contributed by atoms with E-state index in [0.29, 0.717) is 6.42 Å². The van der Waals surface area contributed by atoms with Crippen LogP contribution in [0.1, 0.15) is 6.42 Å². The van der Waals surface area contributed by atoms with Crippen LogP contribution in [0.5, 0.6) is 0 Å². The summed E-state index contributed by atoms with van der Waals surface area (Å²) in [7, 11) is 2.02. The van der Waals surface area contributed by atoms with Gasteiger partial charge in [-0.25, -0.2) is 0 Å². The fraction of sp³-hybridized carbons (Fsp3) is 0.571. The molecule has 0 fully saturated rings. The lowest BCUT2D eigenvalue weighted by atomic mass is 10.3. The lowest BCUT2D eigenvalue weighted by Crippen LogP contribution is -2.18. The maximum absolute atomic E-state index is 10.7. The van der Waals surface area contributed by atoms with E-state index in [2.05, 4.69) is 4.90 Å². The first-order valence-electron chi connectivity index (χ1n) is 3.17. The molecule has 0 aromatic rings. The minimum atomic E-state index is 0.249. The van der Waals surface area contributed by atoms with E-state index < -0.39 is 0 Å². The Morgan fingerprint density at radius 3 is 3.22 bits per heavy atom. The van der Waals surface area contributed by atoms with Crippen molar-refractivity contribution < 1.29 is 4.79 Å². The molecule has 1 heterocycles. The number of carbonyl (C=O) groups is 1. The Balaban J connectivity index is 2.48. The second-order valence-electron chi connectivity index (χ2n) is 2.38. The van der Waals surface area contributed by atoms with Crippen molar-refractivity contribution in [3.8, 4) is 0 Å². The summed E-state index contributed by atoms with van der Waals surface area (Å²) >= 11 is 0. The summed E-state index contributed by atoms with van der Waals surface area (Å²) in [5, 5.41) is 0. The maximum Gasteiger partial charge on any atom is 0.156 e. The van der Waals surface area contributed by atoms with Crippen LogP contribution < -0.4 is 0 Å². The van der Waals surface area contributed by atoms with Crippen molar-refractivity contribution in [1.82, 2.24) is 4.90 Å². The minimum Gasteiger partial charge on any atom is -0.302 e. The molecule has 0 radical (unpaired) electrons. The Morgan fingerprint density at radius 1 is 1.67 bits per heavy atom. The highest BCUT2D eigenvalue weighted by molar-refractivity contribution is 5.89. The van der Waals surface area contributed by atoms with Crippen LogP contribution in [0.25, 0.3) is 0 Å². The van der Waals surface area contributed by atoms with Gasteiger partial charge in [-0.05, 0) is 13.1 Å². The number of likely N-dealkylation sites (N-methyl/N-ethyl adjacent to an activating group) is 1. The van der Waals surface area contributed by atoms with Gasteiger partial charge in [-0.15, -0.1) is 0 Å². The Kier molecular flexibility index (Phi) is 2.01. The van der Waals surface area contributed by atoms with Gasteiger partial charge in [0.25, 0.3) is 0 Å². The number of ketones is 1. The van der Waals surface area contributed by atoms with E-state index in [4.69, 9.17) is 0 Å². The zero-order chi connectivity index (χ0) is 6.69. The molecule has 1 rings (SSSR count). The van der Waals surface area contributed by atoms with Crippen LogP contribution in [0, 0.1) is 0 Å². The van der Waals surface area contributed by atoms with Crippen LogP contribution in [0.2, 0.25) is 0 Å². The van der Waals surface area contributed by atoms with E-state index >= 15 is 0 Å². The Hall–Kier alpha value is -0.630. The molecule has 0 amide bonds. The molecule has 0 saturated heterocycles. The minimum absolute atomic E-state index is 0.249. The van der Waals surface area contributed by atoms with Crippen LogP contribution in [0.3, 0.4) is 0 Å². The van der Waals surface area contributed by atoms with Gasteiger partial charge < -0.3 is 4.90 Å². The fourth-order valence-electron chi connectivity index (χ4n) is 0.840. The number of nitrogens with zero attached hydrogens (tertiary/aromatic N) is 1. The number of allylic oxidation sites excluding steroid dienone is 1. The molecule has 2 nitrogen and oxygen atoms in total. The van der Waals surface area contributed by atoms with E-state index in [1.165, 1.54) is 0 Å². The molecule has 0 aromatic heterocycles. The second-order valence-corrected chi connectivity index (χ2v) is 2.38. The maximum atomic E-state index is 10.7. The summed E-state index contributed by atoms with van der Waals surface area (Å²) in [4.78, 5) is 12.8. The number of rotatable bonds is 0. The summed E-state index contributed by atoms with van der Waals surface area (Å²) in [6.45, 7) is 1.80. The zero-order valence-electron chi connectivity index (χ0n) is 5.63. The van der Waals surface area contributed by atoms with Gasteiger partial charge in [0.1, 0.15) is 0 Å². The number of hydrogen-bond acceptors (Lipinski definition) is 2. The van der Waals surface area contributed by atoms with Crippen LogP contribution in [0.15, 0.2) is 12.2 Å². The molecular weight excluding hydrogens is 114 g/mol. The number of carbonyl (C=O) groups excluding carboxylic acids is 1. The van der Waals surface area contributed by atoms with Crippen LogP contribution >= 0.6 is 0 Å². The molecule has 0 saturated carbocycles. The molecule has 0 unspecified atom stereocenters. The van der Waals surface area contributed by atoms with Gasteiger partial charge in [-0.1, -0.05) is 6.08 Å². The van der Waals surface area contributed by atoms with E-state index in [1.807, 2.05) is 13.1 Å². The summed E-state index contributed by atoms with van der Waals surface area (Å²) in [5.41, 5.74) is 0. The third-order valence-electron chi connectivity index (χ3n) is 1.46. The van der Waals surface area contributed by atoms with Gasteiger partial charge >= 0.3 is 0 Å². The zero-order valence-corrected chi connectivity index (χ0v) is 5.63. The molecule has 2 heteroatoms. The molecule has 1 aliphatic heterocycles. The van der Waals surface area contributed by atoms with Crippen molar-refractivity contribution in [3.63, 3.8) is 0 Å². The first kappa shape index (κ1) is 6.49. The summed E-state index contributed by atoms with van der Waals surface area (Å²) in [5.74, 6) is 0.249. The first-order valence-corrected chi connectivity index (χ1v) is 3.17. The SMILES string of the molecule is CN1CC=CC(=O)CC1. The van der Waals surface area contributed by atoms with Crippen molar-refractivity contribution in [2.24, 2.45) is 0 Å². The quantitative estimate of drug-likeness (QED) is 0.468. The average molecular weight is 125 g/mol. The lowest BCUT2D eigenvalue weighted by Gasteiger charge is -2.09. The van der Waals surface area contributed by atoms with Crippen molar-refractivity contribution >= 4 is 5.78 Å². The molecular formula is C7H11NO. The third-order valence-corrected chi connectivity index (χ3v) is 1.46. The van der Waals surface area contributed by atoms with Gasteiger partial charge in [-0.3, -0.25) is 4.79 Å². The highest BCUT2D eigenvalue weighted by atomic mass is 16.1. The first-order chi connectivity index (χ1) is 4.29. The topological polar surface area (TPSA) is 20.3 Å². The second kappa shape index (κ2) is 2.78. The summed E-state index contributed by atoms with van der Waals surface area (Å²) in [6.07, 6.45) is 4.26. The predicted octanol–water partition coefficient (Wildman–Crippen LogP) is 0.447. The molecule has 9 heavy (non-hydrogen) atoms. The molecule has 0 aromatic carbocycles. The molecule has 0 atom stereocenters. The molecule has 0 bridgehead atoms. The van der Waals surface area contributed by atoms with Gasteiger partial charge in [0.05, 0.1) is 0 Å². The lowest BCUT2D eigenvalue weighted by molar-refractivity contribution is -0.114. The van der Waals surface area contributed by atoms with E-state index in [-0.39, 0.29) is 5.78 Å². The Labute approximate surface area is 55.2 Å². The average Bonchev–Trinajstić information content (AvgIpc) is 1.97. The van der Waals surface area contributed by atoms with Crippen LogP contribution in [0.4, 0.5) is 0 Å².